The molecule has 134 valence electrons. The molecule has 1 aliphatic rings. The number of amides is 1. The van der Waals surface area contributed by atoms with E-state index in [4.69, 9.17) is 5.73 Å². The summed E-state index contributed by atoms with van der Waals surface area (Å²) in [6.07, 6.45) is 2.24. The number of aliphatic imine (C=N–C) groups is 1. The normalized spacial score (nSPS) is 13.9. The highest BCUT2D eigenvalue weighted by atomic mass is 127. The summed E-state index contributed by atoms with van der Waals surface area (Å²) in [7, 11) is 0. The SMILES string of the molecule is CCN(CC)C(N)=NCCCC(=O)N1CCc2ccccc2C1.I. The predicted molar refractivity (Wildman–Crippen MR) is 110 cm³/mol. The van der Waals surface area contributed by atoms with Gasteiger partial charge < -0.3 is 15.5 Å². The van der Waals surface area contributed by atoms with Crippen molar-refractivity contribution in [1.82, 2.24) is 9.80 Å². The summed E-state index contributed by atoms with van der Waals surface area (Å²) in [6.45, 7) is 8.00. The Balaban J connectivity index is 0.00000288. The second-order valence-corrected chi connectivity index (χ2v) is 5.85. The van der Waals surface area contributed by atoms with Gasteiger partial charge in [0.1, 0.15) is 0 Å². The maximum absolute atomic E-state index is 12.3. The standard InChI is InChI=1S/C18H28N4O.HI/c1-3-21(4-2)18(19)20-12-7-10-17(23)22-13-11-15-8-5-6-9-16(15)14-22;/h5-6,8-9H,3-4,7,10-14H2,1-2H3,(H2,19,20);1H. The molecule has 0 aromatic heterocycles. The zero-order valence-electron chi connectivity index (χ0n) is 14.7. The lowest BCUT2D eigenvalue weighted by Gasteiger charge is -2.29. The van der Waals surface area contributed by atoms with Crippen LogP contribution in [0.5, 0.6) is 0 Å². The van der Waals surface area contributed by atoms with Crippen LogP contribution in [0.4, 0.5) is 0 Å². The molecule has 24 heavy (non-hydrogen) atoms. The molecule has 1 amide bonds. The van der Waals surface area contributed by atoms with Gasteiger partial charge in [0.25, 0.3) is 0 Å². The zero-order chi connectivity index (χ0) is 16.7. The lowest BCUT2D eigenvalue weighted by Crippen LogP contribution is -2.37. The van der Waals surface area contributed by atoms with Crippen LogP contribution in [-0.4, -0.2) is 47.8 Å². The van der Waals surface area contributed by atoms with Crippen molar-refractivity contribution in [3.05, 3.63) is 35.4 Å². The summed E-state index contributed by atoms with van der Waals surface area (Å²) in [5.41, 5.74) is 8.57. The van der Waals surface area contributed by atoms with Crippen molar-refractivity contribution in [2.75, 3.05) is 26.2 Å². The molecule has 0 atom stereocenters. The highest BCUT2D eigenvalue weighted by Gasteiger charge is 2.19. The van der Waals surface area contributed by atoms with Crippen LogP contribution in [-0.2, 0) is 17.8 Å². The van der Waals surface area contributed by atoms with Crippen LogP contribution in [0.2, 0.25) is 0 Å². The minimum absolute atomic E-state index is 0. The minimum atomic E-state index is 0. The predicted octanol–water partition coefficient (Wildman–Crippen LogP) is 2.63. The van der Waals surface area contributed by atoms with Crippen LogP contribution >= 0.6 is 24.0 Å². The third kappa shape index (κ3) is 5.65. The Morgan fingerprint density at radius 3 is 2.58 bits per heavy atom. The Labute approximate surface area is 162 Å². The number of hydrogen-bond donors (Lipinski definition) is 1. The lowest BCUT2D eigenvalue weighted by molar-refractivity contribution is -0.132. The molecule has 1 aliphatic heterocycles. The molecule has 2 rings (SSSR count). The average Bonchev–Trinajstić information content (AvgIpc) is 2.59. The number of hydrogen-bond acceptors (Lipinski definition) is 2. The number of guanidine groups is 1. The Hall–Kier alpha value is -1.31. The van der Waals surface area contributed by atoms with Gasteiger partial charge in [0, 0.05) is 39.1 Å². The van der Waals surface area contributed by atoms with Crippen LogP contribution in [0.25, 0.3) is 0 Å². The third-order valence-corrected chi connectivity index (χ3v) is 4.39. The summed E-state index contributed by atoms with van der Waals surface area (Å²) in [6, 6.07) is 8.37. The van der Waals surface area contributed by atoms with Gasteiger partial charge in [0.05, 0.1) is 0 Å². The molecule has 0 saturated carbocycles. The van der Waals surface area contributed by atoms with E-state index in [2.05, 4.69) is 37.0 Å². The summed E-state index contributed by atoms with van der Waals surface area (Å²) in [5.74, 6) is 0.797. The van der Waals surface area contributed by atoms with Gasteiger partial charge in [-0.05, 0) is 37.8 Å². The maximum atomic E-state index is 12.3. The van der Waals surface area contributed by atoms with Crippen LogP contribution in [0.3, 0.4) is 0 Å². The fraction of sp³-hybridized carbons (Fsp3) is 0.556. The Kier molecular flexibility index (Phi) is 9.10. The molecule has 0 unspecified atom stereocenters. The third-order valence-electron chi connectivity index (χ3n) is 4.39. The number of halogens is 1. The first-order valence-corrected chi connectivity index (χ1v) is 8.55. The topological polar surface area (TPSA) is 61.9 Å². The minimum Gasteiger partial charge on any atom is -0.370 e. The van der Waals surface area contributed by atoms with E-state index < -0.39 is 0 Å². The zero-order valence-corrected chi connectivity index (χ0v) is 17.0. The Bertz CT molecular complexity index is 558. The van der Waals surface area contributed by atoms with Gasteiger partial charge in [0.2, 0.25) is 5.91 Å². The Morgan fingerprint density at radius 2 is 1.92 bits per heavy atom. The van der Waals surface area contributed by atoms with Gasteiger partial charge in [-0.3, -0.25) is 9.79 Å². The molecule has 1 aromatic carbocycles. The summed E-state index contributed by atoms with van der Waals surface area (Å²) in [5, 5.41) is 0. The van der Waals surface area contributed by atoms with Gasteiger partial charge in [-0.25, -0.2) is 0 Å². The molecule has 0 fully saturated rings. The van der Waals surface area contributed by atoms with Crippen molar-refractivity contribution in [3.8, 4) is 0 Å². The van der Waals surface area contributed by atoms with E-state index >= 15 is 0 Å². The van der Waals surface area contributed by atoms with E-state index in [-0.39, 0.29) is 29.9 Å². The fourth-order valence-corrected chi connectivity index (χ4v) is 2.94. The number of nitrogens with two attached hydrogens (primary N) is 1. The number of fused-ring (bicyclic) bond motifs is 1. The number of carbonyl (C=O) groups is 1. The van der Waals surface area contributed by atoms with Gasteiger partial charge >= 0.3 is 0 Å². The number of carbonyl (C=O) groups excluding carboxylic acids is 1. The van der Waals surface area contributed by atoms with Gasteiger partial charge in [-0.1, -0.05) is 24.3 Å². The van der Waals surface area contributed by atoms with Crippen molar-refractivity contribution in [1.29, 1.82) is 0 Å². The van der Waals surface area contributed by atoms with Crippen molar-refractivity contribution in [3.63, 3.8) is 0 Å². The first kappa shape index (κ1) is 20.7. The molecule has 0 aliphatic carbocycles. The molecule has 0 spiro atoms. The molecule has 0 bridgehead atoms. The van der Waals surface area contributed by atoms with Gasteiger partial charge in [0.15, 0.2) is 5.96 Å². The van der Waals surface area contributed by atoms with Crippen molar-refractivity contribution in [2.45, 2.75) is 39.7 Å². The largest absolute Gasteiger partial charge is 0.370 e. The van der Waals surface area contributed by atoms with Gasteiger partial charge in [-0.2, -0.15) is 0 Å². The molecule has 1 aromatic rings. The van der Waals surface area contributed by atoms with E-state index in [1.54, 1.807) is 0 Å². The summed E-state index contributed by atoms with van der Waals surface area (Å²) < 4.78 is 0. The van der Waals surface area contributed by atoms with E-state index in [1.807, 2.05) is 15.9 Å². The van der Waals surface area contributed by atoms with Crippen LogP contribution in [0, 0.1) is 0 Å². The highest BCUT2D eigenvalue weighted by Crippen LogP contribution is 2.19. The average molecular weight is 444 g/mol. The van der Waals surface area contributed by atoms with Crippen molar-refractivity contribution < 1.29 is 4.79 Å². The summed E-state index contributed by atoms with van der Waals surface area (Å²) >= 11 is 0. The smallest absolute Gasteiger partial charge is 0.222 e. The van der Waals surface area contributed by atoms with Crippen molar-refractivity contribution >= 4 is 35.8 Å². The van der Waals surface area contributed by atoms with E-state index in [0.29, 0.717) is 18.9 Å². The van der Waals surface area contributed by atoms with E-state index in [9.17, 15) is 4.79 Å². The first-order valence-electron chi connectivity index (χ1n) is 8.55. The van der Waals surface area contributed by atoms with Gasteiger partial charge in [-0.15, -0.1) is 24.0 Å². The molecule has 1 heterocycles. The summed E-state index contributed by atoms with van der Waals surface area (Å²) in [4.78, 5) is 20.7. The molecule has 5 nitrogen and oxygen atoms in total. The highest BCUT2D eigenvalue weighted by molar-refractivity contribution is 14.0. The molecular weight excluding hydrogens is 415 g/mol. The molecule has 2 N–H and O–H groups in total. The lowest BCUT2D eigenvalue weighted by atomic mass is 9.99. The van der Waals surface area contributed by atoms with Crippen LogP contribution in [0.15, 0.2) is 29.3 Å². The quantitative estimate of drug-likeness (QED) is 0.318. The Morgan fingerprint density at radius 1 is 1.25 bits per heavy atom. The number of nitrogens with zero attached hydrogens (tertiary/aromatic N) is 3. The maximum Gasteiger partial charge on any atom is 0.222 e. The first-order chi connectivity index (χ1) is 11.2. The number of benzene rings is 1. The van der Waals surface area contributed by atoms with E-state index in [0.717, 1.165) is 39.0 Å². The molecular formula is C18H29IN4O. The molecule has 0 radical (unpaired) electrons. The second-order valence-electron chi connectivity index (χ2n) is 5.85. The molecule has 0 saturated heterocycles. The number of rotatable bonds is 6. The second kappa shape index (κ2) is 10.5. The molecule has 6 heteroatoms. The van der Waals surface area contributed by atoms with Crippen LogP contribution in [0.1, 0.15) is 37.8 Å². The van der Waals surface area contributed by atoms with Crippen LogP contribution < -0.4 is 5.73 Å². The van der Waals surface area contributed by atoms with Crippen molar-refractivity contribution in [2.24, 2.45) is 10.7 Å². The fourth-order valence-electron chi connectivity index (χ4n) is 2.94. The monoisotopic (exact) mass is 444 g/mol. The van der Waals surface area contributed by atoms with E-state index in [1.165, 1.54) is 11.1 Å².